The van der Waals surface area contributed by atoms with Gasteiger partial charge in [-0.15, -0.1) is 0 Å². The van der Waals surface area contributed by atoms with Crippen molar-refractivity contribution in [2.75, 3.05) is 0 Å². The second-order valence-electron chi connectivity index (χ2n) is 2.91. The number of aromatic nitrogens is 1. The Balaban J connectivity index is 2.75. The van der Waals surface area contributed by atoms with Crippen molar-refractivity contribution >= 4 is 27.0 Å². The van der Waals surface area contributed by atoms with Gasteiger partial charge in [-0.25, -0.2) is 4.98 Å². The molecular formula is C9H9BrN2O. The van der Waals surface area contributed by atoms with Gasteiger partial charge in [0.1, 0.15) is 5.52 Å². The third kappa shape index (κ3) is 1.47. The van der Waals surface area contributed by atoms with E-state index < -0.39 is 0 Å². The fourth-order valence-corrected chi connectivity index (χ4v) is 1.90. The Bertz CT molecular complexity index is 450. The van der Waals surface area contributed by atoms with Crippen molar-refractivity contribution in [1.82, 2.24) is 4.98 Å². The summed E-state index contributed by atoms with van der Waals surface area (Å²) in [6, 6.07) is 3.97. The molecule has 0 aliphatic heterocycles. The van der Waals surface area contributed by atoms with Crippen LogP contribution in [0.25, 0.3) is 11.1 Å². The van der Waals surface area contributed by atoms with Gasteiger partial charge in [-0.2, -0.15) is 0 Å². The van der Waals surface area contributed by atoms with Crippen LogP contribution in [-0.4, -0.2) is 4.98 Å². The number of rotatable bonds is 1. The molecule has 3 nitrogen and oxygen atoms in total. The largest absolute Gasteiger partial charge is 0.438 e. The van der Waals surface area contributed by atoms with E-state index in [1.807, 2.05) is 19.1 Å². The minimum absolute atomic E-state index is 0.333. The molecule has 0 radical (unpaired) electrons. The third-order valence-electron chi connectivity index (χ3n) is 1.81. The minimum atomic E-state index is 0.333. The van der Waals surface area contributed by atoms with Crippen molar-refractivity contribution in [2.24, 2.45) is 5.73 Å². The minimum Gasteiger partial charge on any atom is -0.438 e. The Morgan fingerprint density at radius 1 is 1.54 bits per heavy atom. The summed E-state index contributed by atoms with van der Waals surface area (Å²) in [6.45, 7) is 2.35. The van der Waals surface area contributed by atoms with Gasteiger partial charge in [-0.1, -0.05) is 0 Å². The number of hydrogen-bond acceptors (Lipinski definition) is 3. The second-order valence-corrected chi connectivity index (χ2v) is 3.76. The van der Waals surface area contributed by atoms with Crippen LogP contribution in [0.4, 0.5) is 0 Å². The SMILES string of the molecule is Cc1cc(Br)c2oc(CN)nc2c1. The van der Waals surface area contributed by atoms with Gasteiger partial charge in [0.05, 0.1) is 11.0 Å². The van der Waals surface area contributed by atoms with Crippen molar-refractivity contribution in [2.45, 2.75) is 13.5 Å². The van der Waals surface area contributed by atoms with E-state index in [1.54, 1.807) is 0 Å². The predicted octanol–water partition coefficient (Wildman–Crippen LogP) is 2.36. The maximum atomic E-state index is 5.43. The molecule has 13 heavy (non-hydrogen) atoms. The van der Waals surface area contributed by atoms with E-state index in [1.165, 1.54) is 0 Å². The Kier molecular flexibility index (Phi) is 2.09. The summed E-state index contributed by atoms with van der Waals surface area (Å²) in [5.41, 5.74) is 8.20. The molecule has 0 unspecified atom stereocenters. The number of aryl methyl sites for hydroxylation is 1. The highest BCUT2D eigenvalue weighted by Crippen LogP contribution is 2.26. The van der Waals surface area contributed by atoms with Crippen LogP contribution in [0.15, 0.2) is 21.0 Å². The van der Waals surface area contributed by atoms with Gasteiger partial charge in [0.2, 0.25) is 5.89 Å². The number of nitrogens with two attached hydrogens (primary N) is 1. The maximum absolute atomic E-state index is 5.43. The van der Waals surface area contributed by atoms with Crippen molar-refractivity contribution in [3.05, 3.63) is 28.1 Å². The lowest BCUT2D eigenvalue weighted by Gasteiger charge is -1.93. The summed E-state index contributed by atoms with van der Waals surface area (Å²) < 4.78 is 6.35. The van der Waals surface area contributed by atoms with Gasteiger partial charge in [0.15, 0.2) is 5.58 Å². The lowest BCUT2D eigenvalue weighted by atomic mass is 10.2. The van der Waals surface area contributed by atoms with E-state index in [9.17, 15) is 0 Å². The van der Waals surface area contributed by atoms with Crippen LogP contribution in [0.2, 0.25) is 0 Å². The topological polar surface area (TPSA) is 52.0 Å². The molecule has 0 atom stereocenters. The fraction of sp³-hybridized carbons (Fsp3) is 0.222. The molecule has 0 spiro atoms. The van der Waals surface area contributed by atoms with Crippen molar-refractivity contribution in [3.8, 4) is 0 Å². The first-order valence-corrected chi connectivity index (χ1v) is 4.75. The smallest absolute Gasteiger partial charge is 0.209 e. The van der Waals surface area contributed by atoms with Crippen molar-refractivity contribution in [3.63, 3.8) is 0 Å². The summed E-state index contributed by atoms with van der Waals surface area (Å²) in [6.07, 6.45) is 0. The zero-order valence-electron chi connectivity index (χ0n) is 7.17. The molecule has 1 heterocycles. The van der Waals surface area contributed by atoms with E-state index in [2.05, 4.69) is 20.9 Å². The predicted molar refractivity (Wildman–Crippen MR) is 54.3 cm³/mol. The monoisotopic (exact) mass is 240 g/mol. The number of halogens is 1. The fourth-order valence-electron chi connectivity index (χ4n) is 1.26. The highest BCUT2D eigenvalue weighted by molar-refractivity contribution is 9.10. The molecule has 0 aliphatic carbocycles. The van der Waals surface area contributed by atoms with Gasteiger partial charge in [0, 0.05) is 0 Å². The quantitative estimate of drug-likeness (QED) is 0.833. The Morgan fingerprint density at radius 3 is 3.00 bits per heavy atom. The zero-order chi connectivity index (χ0) is 9.42. The first kappa shape index (κ1) is 8.72. The summed E-state index contributed by atoms with van der Waals surface area (Å²) in [5, 5.41) is 0. The molecule has 2 aromatic rings. The van der Waals surface area contributed by atoms with Crippen LogP contribution in [0.5, 0.6) is 0 Å². The molecule has 1 aromatic carbocycles. The van der Waals surface area contributed by atoms with E-state index in [0.29, 0.717) is 12.4 Å². The van der Waals surface area contributed by atoms with E-state index in [4.69, 9.17) is 10.2 Å². The highest BCUT2D eigenvalue weighted by atomic mass is 79.9. The molecule has 0 fully saturated rings. The van der Waals surface area contributed by atoms with Crippen LogP contribution in [0.1, 0.15) is 11.5 Å². The molecule has 2 N–H and O–H groups in total. The Hall–Kier alpha value is -0.870. The van der Waals surface area contributed by atoms with Crippen LogP contribution < -0.4 is 5.73 Å². The highest BCUT2D eigenvalue weighted by Gasteiger charge is 2.07. The van der Waals surface area contributed by atoms with Crippen LogP contribution in [0.3, 0.4) is 0 Å². The summed E-state index contributed by atoms with van der Waals surface area (Å²) in [7, 11) is 0. The number of fused-ring (bicyclic) bond motifs is 1. The van der Waals surface area contributed by atoms with Crippen LogP contribution >= 0.6 is 15.9 Å². The molecule has 0 amide bonds. The van der Waals surface area contributed by atoms with Crippen molar-refractivity contribution < 1.29 is 4.42 Å². The first-order valence-electron chi connectivity index (χ1n) is 3.96. The third-order valence-corrected chi connectivity index (χ3v) is 2.40. The average molecular weight is 241 g/mol. The Labute approximate surface area is 84.1 Å². The second kappa shape index (κ2) is 3.12. The lowest BCUT2D eigenvalue weighted by molar-refractivity contribution is 0.532. The summed E-state index contributed by atoms with van der Waals surface area (Å²) >= 11 is 3.42. The first-order chi connectivity index (χ1) is 6.20. The molecule has 68 valence electrons. The standard InChI is InChI=1S/C9H9BrN2O/c1-5-2-6(10)9-7(3-5)12-8(4-11)13-9/h2-3H,4,11H2,1H3. The summed E-state index contributed by atoms with van der Waals surface area (Å²) in [4.78, 5) is 4.23. The lowest BCUT2D eigenvalue weighted by Crippen LogP contribution is -1.94. The molecule has 0 aliphatic rings. The number of nitrogens with zero attached hydrogens (tertiary/aromatic N) is 1. The number of benzene rings is 1. The van der Waals surface area contributed by atoms with Gasteiger partial charge in [-0.3, -0.25) is 0 Å². The van der Waals surface area contributed by atoms with E-state index in [0.717, 1.165) is 21.1 Å². The van der Waals surface area contributed by atoms with Gasteiger partial charge >= 0.3 is 0 Å². The van der Waals surface area contributed by atoms with Gasteiger partial charge < -0.3 is 10.2 Å². The Morgan fingerprint density at radius 2 is 2.31 bits per heavy atom. The number of hydrogen-bond donors (Lipinski definition) is 1. The molecule has 2 rings (SSSR count). The molecule has 0 saturated heterocycles. The molecule has 1 aromatic heterocycles. The van der Waals surface area contributed by atoms with Gasteiger partial charge in [-0.05, 0) is 40.5 Å². The average Bonchev–Trinajstić information content (AvgIpc) is 2.47. The number of oxazole rings is 1. The zero-order valence-corrected chi connectivity index (χ0v) is 8.76. The molecule has 0 saturated carbocycles. The van der Waals surface area contributed by atoms with E-state index in [-0.39, 0.29) is 0 Å². The molecule has 0 bridgehead atoms. The van der Waals surface area contributed by atoms with Gasteiger partial charge in [0.25, 0.3) is 0 Å². The normalized spacial score (nSPS) is 11.0. The molecule has 4 heteroatoms. The van der Waals surface area contributed by atoms with Crippen LogP contribution in [-0.2, 0) is 6.54 Å². The molecular weight excluding hydrogens is 232 g/mol. The van der Waals surface area contributed by atoms with Crippen molar-refractivity contribution in [1.29, 1.82) is 0 Å². The maximum Gasteiger partial charge on any atom is 0.209 e. The van der Waals surface area contributed by atoms with E-state index >= 15 is 0 Å². The summed E-state index contributed by atoms with van der Waals surface area (Å²) in [5.74, 6) is 0.571. The van der Waals surface area contributed by atoms with Crippen LogP contribution in [0, 0.1) is 6.92 Å².